The minimum absolute atomic E-state index is 0.0174. The smallest absolute Gasteiger partial charge is 0.169 e. The average molecular weight is 439 g/mol. The van der Waals surface area contributed by atoms with E-state index < -0.39 is 0 Å². The number of allylic oxidation sites excluding steroid dienone is 4. The Balaban J connectivity index is 1.93. The third-order valence-electron chi connectivity index (χ3n) is 7.47. The van der Waals surface area contributed by atoms with E-state index in [1.54, 1.807) is 19.8 Å². The lowest BCUT2D eigenvalue weighted by molar-refractivity contribution is 0.356. The lowest BCUT2D eigenvalue weighted by Gasteiger charge is -2.40. The summed E-state index contributed by atoms with van der Waals surface area (Å²) in [5, 5.41) is 2.42. The lowest BCUT2D eigenvalue weighted by atomic mass is 9.64. The molecule has 0 spiro atoms. The highest BCUT2D eigenvalue weighted by Crippen LogP contribution is 2.55. The number of rotatable bonds is 3. The van der Waals surface area contributed by atoms with Crippen molar-refractivity contribution < 1.29 is 9.47 Å². The Hall–Kier alpha value is -3.00. The first-order chi connectivity index (χ1) is 15.7. The van der Waals surface area contributed by atoms with Crippen molar-refractivity contribution in [2.24, 2.45) is 5.41 Å². The molecule has 2 aliphatic carbocycles. The Morgan fingerprint density at radius 1 is 0.818 bits per heavy atom. The molecule has 170 valence electrons. The van der Waals surface area contributed by atoms with Gasteiger partial charge < -0.3 is 9.47 Å². The van der Waals surface area contributed by atoms with Crippen molar-refractivity contribution in [3.05, 3.63) is 76.9 Å². The minimum atomic E-state index is -0.0174. The topological polar surface area (TPSA) is 18.5 Å². The summed E-state index contributed by atoms with van der Waals surface area (Å²) in [5.74, 6) is 1.67. The maximum absolute atomic E-state index is 6.09. The number of fused-ring (bicyclic) bond motifs is 4. The molecule has 2 aliphatic rings. The van der Waals surface area contributed by atoms with E-state index in [4.69, 9.17) is 9.47 Å². The van der Waals surface area contributed by atoms with E-state index >= 15 is 0 Å². The number of benzene rings is 3. The van der Waals surface area contributed by atoms with Crippen LogP contribution in [0.15, 0.2) is 60.2 Å². The van der Waals surface area contributed by atoms with Crippen LogP contribution in [0.5, 0.6) is 11.5 Å². The van der Waals surface area contributed by atoms with Gasteiger partial charge in [0.05, 0.1) is 14.2 Å². The monoisotopic (exact) mass is 438 g/mol. The Bertz CT molecular complexity index is 1320. The van der Waals surface area contributed by atoms with Crippen molar-refractivity contribution in [2.45, 2.75) is 52.9 Å². The molecule has 0 saturated heterocycles. The zero-order valence-electron chi connectivity index (χ0n) is 20.9. The first-order valence-electron chi connectivity index (χ1n) is 11.9. The van der Waals surface area contributed by atoms with E-state index in [1.165, 1.54) is 38.6 Å². The second-order valence-electron chi connectivity index (χ2n) is 10.9. The van der Waals surface area contributed by atoms with Crippen LogP contribution in [0.1, 0.15) is 57.2 Å². The molecular formula is C31H34O2. The molecule has 0 saturated carbocycles. The maximum atomic E-state index is 6.09. The van der Waals surface area contributed by atoms with Gasteiger partial charge in [-0.1, -0.05) is 87.9 Å². The number of ether oxygens (including phenoxy) is 2. The molecule has 0 radical (unpaired) electrons. The zero-order chi connectivity index (χ0) is 23.5. The molecule has 2 nitrogen and oxygen atoms in total. The molecule has 0 heterocycles. The zero-order valence-corrected chi connectivity index (χ0v) is 20.9. The van der Waals surface area contributed by atoms with Gasteiger partial charge >= 0.3 is 0 Å². The van der Waals surface area contributed by atoms with Crippen LogP contribution in [-0.4, -0.2) is 14.2 Å². The molecule has 33 heavy (non-hydrogen) atoms. The third-order valence-corrected chi connectivity index (χ3v) is 7.47. The summed E-state index contributed by atoms with van der Waals surface area (Å²) in [7, 11) is 3.51. The number of hydrogen-bond donors (Lipinski definition) is 0. The number of methoxy groups -OCH3 is 2. The first-order valence-corrected chi connectivity index (χ1v) is 11.9. The van der Waals surface area contributed by atoms with Gasteiger partial charge in [-0.05, 0) is 63.8 Å². The molecule has 0 aliphatic heterocycles. The van der Waals surface area contributed by atoms with Gasteiger partial charge in [-0.25, -0.2) is 0 Å². The molecule has 0 aromatic heterocycles. The summed E-state index contributed by atoms with van der Waals surface area (Å²) in [6.45, 7) is 11.6. The highest BCUT2D eigenvalue weighted by Gasteiger charge is 2.38. The van der Waals surface area contributed by atoms with Gasteiger partial charge in [0, 0.05) is 10.9 Å². The molecule has 5 rings (SSSR count). The molecule has 0 bridgehead atoms. The Kier molecular flexibility index (Phi) is 4.97. The van der Waals surface area contributed by atoms with Crippen LogP contribution >= 0.6 is 0 Å². The average Bonchev–Trinajstić information content (AvgIpc) is 2.77. The van der Waals surface area contributed by atoms with Gasteiger partial charge in [-0.15, -0.1) is 0 Å². The van der Waals surface area contributed by atoms with Crippen LogP contribution in [0.4, 0.5) is 0 Å². The first kappa shape index (κ1) is 21.8. The van der Waals surface area contributed by atoms with Crippen LogP contribution in [0, 0.1) is 12.3 Å². The largest absolute Gasteiger partial charge is 0.493 e. The quantitative estimate of drug-likeness (QED) is 0.410. The van der Waals surface area contributed by atoms with Crippen LogP contribution in [0.3, 0.4) is 0 Å². The second-order valence-corrected chi connectivity index (χ2v) is 10.9. The summed E-state index contributed by atoms with van der Waals surface area (Å²) in [4.78, 5) is 0. The summed E-state index contributed by atoms with van der Waals surface area (Å²) in [6.07, 6.45) is 6.90. The third kappa shape index (κ3) is 3.30. The molecular weight excluding hydrogens is 404 g/mol. The van der Waals surface area contributed by atoms with Gasteiger partial charge in [0.25, 0.3) is 0 Å². The van der Waals surface area contributed by atoms with Gasteiger partial charge in [0.1, 0.15) is 0 Å². The van der Waals surface area contributed by atoms with Crippen molar-refractivity contribution in [1.29, 1.82) is 0 Å². The fourth-order valence-electron chi connectivity index (χ4n) is 6.18. The fourth-order valence-corrected chi connectivity index (χ4v) is 6.18. The van der Waals surface area contributed by atoms with Crippen LogP contribution in [-0.2, 0) is 5.41 Å². The molecule has 0 atom stereocenters. The maximum Gasteiger partial charge on any atom is 0.169 e. The van der Waals surface area contributed by atoms with E-state index in [9.17, 15) is 0 Å². The SMILES string of the molecule is COc1c(C)c(-c2ccccc2)c2ccc3c(c2c1OC)C(C)(C)CC1=C3C=CC(C)(C)C1. The van der Waals surface area contributed by atoms with Gasteiger partial charge in [0.15, 0.2) is 11.5 Å². The normalized spacial score (nSPS) is 18.2. The summed E-state index contributed by atoms with van der Waals surface area (Å²) in [5.41, 5.74) is 9.41. The van der Waals surface area contributed by atoms with Gasteiger partial charge in [0.2, 0.25) is 0 Å². The van der Waals surface area contributed by atoms with Crippen molar-refractivity contribution in [3.8, 4) is 22.6 Å². The molecule has 2 heteroatoms. The van der Waals surface area contributed by atoms with Gasteiger partial charge in [-0.2, -0.15) is 0 Å². The van der Waals surface area contributed by atoms with E-state index in [2.05, 4.69) is 89.2 Å². The van der Waals surface area contributed by atoms with Crippen molar-refractivity contribution >= 4 is 16.3 Å². The Morgan fingerprint density at radius 2 is 1.52 bits per heavy atom. The highest BCUT2D eigenvalue weighted by atomic mass is 16.5. The predicted octanol–water partition coefficient (Wildman–Crippen LogP) is 8.25. The summed E-state index contributed by atoms with van der Waals surface area (Å²) >= 11 is 0. The molecule has 0 N–H and O–H groups in total. The molecule has 3 aromatic carbocycles. The summed E-state index contributed by atoms with van der Waals surface area (Å²) < 4.78 is 12.1. The minimum Gasteiger partial charge on any atom is -0.493 e. The van der Waals surface area contributed by atoms with E-state index in [1.807, 2.05) is 0 Å². The molecule has 0 fully saturated rings. The van der Waals surface area contributed by atoms with Crippen molar-refractivity contribution in [1.82, 2.24) is 0 Å². The van der Waals surface area contributed by atoms with Crippen LogP contribution < -0.4 is 9.47 Å². The number of hydrogen-bond acceptors (Lipinski definition) is 2. The molecule has 0 amide bonds. The van der Waals surface area contributed by atoms with Gasteiger partial charge in [-0.3, -0.25) is 0 Å². The van der Waals surface area contributed by atoms with Crippen molar-refractivity contribution in [3.63, 3.8) is 0 Å². The molecule has 0 unspecified atom stereocenters. The Labute approximate surface area is 197 Å². The van der Waals surface area contributed by atoms with E-state index in [0.717, 1.165) is 29.9 Å². The summed E-state index contributed by atoms with van der Waals surface area (Å²) in [6, 6.07) is 15.3. The lowest BCUT2D eigenvalue weighted by Crippen LogP contribution is -2.28. The predicted molar refractivity (Wildman–Crippen MR) is 139 cm³/mol. The van der Waals surface area contributed by atoms with Crippen LogP contribution in [0.25, 0.3) is 27.5 Å². The Morgan fingerprint density at radius 3 is 2.18 bits per heavy atom. The second kappa shape index (κ2) is 7.52. The van der Waals surface area contributed by atoms with Crippen LogP contribution in [0.2, 0.25) is 0 Å². The van der Waals surface area contributed by atoms with Crippen molar-refractivity contribution in [2.75, 3.05) is 14.2 Å². The fraction of sp³-hybridized carbons (Fsp3) is 0.355. The molecule has 3 aromatic rings. The standard InChI is InChI=1S/C31H34O2/c1-19-25(20-11-9-8-10-12-20)24-14-13-23-22-15-16-30(2,3)17-21(22)18-31(4,5)27(23)26(24)29(33-7)28(19)32-6/h8-16H,17-18H2,1-7H3. The van der Waals surface area contributed by atoms with E-state index in [-0.39, 0.29) is 10.8 Å². The highest BCUT2D eigenvalue weighted by molar-refractivity contribution is 6.08. The van der Waals surface area contributed by atoms with E-state index in [0.29, 0.717) is 0 Å².